The maximum atomic E-state index is 3.54. The van der Waals surface area contributed by atoms with Crippen molar-refractivity contribution >= 4 is 5.69 Å². The second-order valence-corrected chi connectivity index (χ2v) is 5.52. The number of nitrogens with zero attached hydrogens (tertiary/aromatic N) is 2. The fourth-order valence-electron chi connectivity index (χ4n) is 2.97. The Bertz CT molecular complexity index is 408. The lowest BCUT2D eigenvalue weighted by Gasteiger charge is -2.32. The van der Waals surface area contributed by atoms with Crippen LogP contribution >= 0.6 is 0 Å². The molecule has 0 aliphatic carbocycles. The number of hydrogen-bond donors (Lipinski definition) is 1. The smallest absolute Gasteiger partial charge is 0.0406 e. The van der Waals surface area contributed by atoms with Crippen molar-refractivity contribution in [1.29, 1.82) is 0 Å². The summed E-state index contributed by atoms with van der Waals surface area (Å²) < 4.78 is 0. The van der Waals surface area contributed by atoms with Crippen LogP contribution in [0.4, 0.5) is 5.69 Å². The first-order valence-electron chi connectivity index (χ1n) is 7.08. The van der Waals surface area contributed by atoms with Crippen molar-refractivity contribution in [2.24, 2.45) is 0 Å². The summed E-state index contributed by atoms with van der Waals surface area (Å²) in [6.07, 6.45) is 2.37. The van der Waals surface area contributed by atoms with E-state index in [0.29, 0.717) is 0 Å². The van der Waals surface area contributed by atoms with Gasteiger partial charge in [-0.2, -0.15) is 0 Å². The van der Waals surface area contributed by atoms with E-state index in [1.165, 1.54) is 62.4 Å². The Morgan fingerprint density at radius 1 is 1.17 bits per heavy atom. The lowest BCUT2D eigenvalue weighted by atomic mass is 10.0. The van der Waals surface area contributed by atoms with Gasteiger partial charge in [0.05, 0.1) is 0 Å². The molecule has 0 unspecified atom stereocenters. The molecule has 0 atom stereocenters. The Morgan fingerprint density at radius 3 is 2.83 bits per heavy atom. The quantitative estimate of drug-likeness (QED) is 0.869. The number of hydrogen-bond acceptors (Lipinski definition) is 3. The molecule has 3 heteroatoms. The lowest BCUT2D eigenvalue weighted by Crippen LogP contribution is -2.45. The van der Waals surface area contributed by atoms with Crippen LogP contribution in [0.5, 0.6) is 0 Å². The molecule has 2 aliphatic heterocycles. The number of piperazine rings is 1. The van der Waals surface area contributed by atoms with Crippen molar-refractivity contribution in [3.8, 4) is 0 Å². The first-order chi connectivity index (χ1) is 8.83. The Morgan fingerprint density at radius 2 is 2.00 bits per heavy atom. The number of rotatable bonds is 3. The van der Waals surface area contributed by atoms with E-state index >= 15 is 0 Å². The lowest BCUT2D eigenvalue weighted by molar-refractivity contribution is 0.155. The zero-order valence-corrected chi connectivity index (χ0v) is 11.3. The van der Waals surface area contributed by atoms with Crippen LogP contribution in [-0.4, -0.2) is 56.1 Å². The standard InChI is InChI=1S/C15H23N3/c1-17-9-11-18(12-10-17)8-6-14-4-2-3-13-5-7-16-15(13)14/h2-4,16H,5-12H2,1H3. The molecular weight excluding hydrogens is 222 g/mol. The van der Waals surface area contributed by atoms with E-state index in [2.05, 4.69) is 40.4 Å². The second kappa shape index (κ2) is 5.29. The predicted octanol–water partition coefficient (Wildman–Crippen LogP) is 1.44. The van der Waals surface area contributed by atoms with E-state index < -0.39 is 0 Å². The van der Waals surface area contributed by atoms with Crippen LogP contribution in [0.3, 0.4) is 0 Å². The molecule has 0 radical (unpaired) electrons. The Labute approximate surface area is 110 Å². The van der Waals surface area contributed by atoms with E-state index in [4.69, 9.17) is 0 Å². The Balaban J connectivity index is 1.59. The summed E-state index contributed by atoms with van der Waals surface area (Å²) in [5.41, 5.74) is 4.43. The van der Waals surface area contributed by atoms with Crippen LogP contribution in [0.1, 0.15) is 11.1 Å². The normalized spacial score (nSPS) is 20.7. The molecule has 0 saturated carbocycles. The molecule has 0 amide bonds. The molecule has 1 fully saturated rings. The van der Waals surface area contributed by atoms with Gasteiger partial charge in [-0.15, -0.1) is 0 Å². The van der Waals surface area contributed by atoms with E-state index in [1.807, 2.05) is 0 Å². The van der Waals surface area contributed by atoms with Crippen LogP contribution in [0, 0.1) is 0 Å². The first kappa shape index (κ1) is 12.0. The second-order valence-electron chi connectivity index (χ2n) is 5.52. The highest BCUT2D eigenvalue weighted by Gasteiger charge is 2.16. The van der Waals surface area contributed by atoms with Crippen LogP contribution in [-0.2, 0) is 12.8 Å². The highest BCUT2D eigenvalue weighted by Crippen LogP contribution is 2.26. The summed E-state index contributed by atoms with van der Waals surface area (Å²) in [4.78, 5) is 5.01. The summed E-state index contributed by atoms with van der Waals surface area (Å²) in [6.45, 7) is 7.18. The molecule has 98 valence electrons. The molecule has 1 aromatic carbocycles. The molecule has 1 saturated heterocycles. The maximum Gasteiger partial charge on any atom is 0.0406 e. The van der Waals surface area contributed by atoms with Crippen LogP contribution in [0.25, 0.3) is 0 Å². The van der Waals surface area contributed by atoms with Crippen molar-refractivity contribution in [3.05, 3.63) is 29.3 Å². The van der Waals surface area contributed by atoms with Crippen molar-refractivity contribution in [1.82, 2.24) is 9.80 Å². The average Bonchev–Trinajstić information content (AvgIpc) is 2.87. The van der Waals surface area contributed by atoms with Gasteiger partial charge in [0.1, 0.15) is 0 Å². The van der Waals surface area contributed by atoms with Gasteiger partial charge in [0.25, 0.3) is 0 Å². The van der Waals surface area contributed by atoms with Crippen molar-refractivity contribution < 1.29 is 0 Å². The minimum absolute atomic E-state index is 1.11. The summed E-state index contributed by atoms with van der Waals surface area (Å²) in [7, 11) is 2.21. The largest absolute Gasteiger partial charge is 0.384 e. The van der Waals surface area contributed by atoms with Crippen molar-refractivity contribution in [2.75, 3.05) is 51.6 Å². The van der Waals surface area contributed by atoms with Gasteiger partial charge in [-0.05, 0) is 31.0 Å². The molecule has 1 N–H and O–H groups in total. The Hall–Kier alpha value is -1.06. The molecule has 2 heterocycles. The average molecular weight is 245 g/mol. The van der Waals surface area contributed by atoms with Gasteiger partial charge in [0, 0.05) is 45.0 Å². The van der Waals surface area contributed by atoms with Gasteiger partial charge < -0.3 is 15.1 Å². The van der Waals surface area contributed by atoms with E-state index in [0.717, 1.165) is 6.54 Å². The van der Waals surface area contributed by atoms with Gasteiger partial charge in [-0.1, -0.05) is 18.2 Å². The molecular formula is C15H23N3. The zero-order chi connectivity index (χ0) is 12.4. The molecule has 18 heavy (non-hydrogen) atoms. The number of nitrogens with one attached hydrogen (secondary N) is 1. The zero-order valence-electron chi connectivity index (χ0n) is 11.3. The summed E-state index contributed by atoms with van der Waals surface area (Å²) in [5.74, 6) is 0. The highest BCUT2D eigenvalue weighted by atomic mass is 15.2. The highest BCUT2D eigenvalue weighted by molar-refractivity contribution is 5.61. The number of likely N-dealkylation sites (N-methyl/N-ethyl adjacent to an activating group) is 1. The third kappa shape index (κ3) is 2.52. The number of fused-ring (bicyclic) bond motifs is 1. The summed E-state index contributed by atoms with van der Waals surface area (Å²) in [6, 6.07) is 6.76. The van der Waals surface area contributed by atoms with Gasteiger partial charge in [-0.25, -0.2) is 0 Å². The molecule has 1 aromatic rings. The summed E-state index contributed by atoms with van der Waals surface area (Å²) >= 11 is 0. The van der Waals surface area contributed by atoms with Crippen LogP contribution < -0.4 is 5.32 Å². The van der Waals surface area contributed by atoms with E-state index in [9.17, 15) is 0 Å². The SMILES string of the molecule is CN1CCN(CCc2cccc3c2NCC3)CC1. The van der Waals surface area contributed by atoms with E-state index in [1.54, 1.807) is 0 Å². The number of benzene rings is 1. The number of anilines is 1. The molecule has 2 aliphatic rings. The van der Waals surface area contributed by atoms with Crippen LogP contribution in [0.2, 0.25) is 0 Å². The molecule has 0 aromatic heterocycles. The molecule has 0 spiro atoms. The van der Waals surface area contributed by atoms with Crippen molar-refractivity contribution in [3.63, 3.8) is 0 Å². The molecule has 0 bridgehead atoms. The monoisotopic (exact) mass is 245 g/mol. The van der Waals surface area contributed by atoms with Crippen molar-refractivity contribution in [2.45, 2.75) is 12.8 Å². The number of para-hydroxylation sites is 1. The fraction of sp³-hybridized carbons (Fsp3) is 0.600. The van der Waals surface area contributed by atoms with Gasteiger partial charge in [0.2, 0.25) is 0 Å². The van der Waals surface area contributed by atoms with Gasteiger partial charge in [0.15, 0.2) is 0 Å². The molecule has 3 nitrogen and oxygen atoms in total. The molecule has 3 rings (SSSR count). The first-order valence-corrected chi connectivity index (χ1v) is 7.08. The van der Waals surface area contributed by atoms with E-state index in [-0.39, 0.29) is 0 Å². The minimum atomic E-state index is 1.11. The summed E-state index contributed by atoms with van der Waals surface area (Å²) in [5, 5.41) is 3.54. The minimum Gasteiger partial charge on any atom is -0.384 e. The predicted molar refractivity (Wildman–Crippen MR) is 76.3 cm³/mol. The topological polar surface area (TPSA) is 18.5 Å². The van der Waals surface area contributed by atoms with Crippen LogP contribution in [0.15, 0.2) is 18.2 Å². The van der Waals surface area contributed by atoms with Gasteiger partial charge >= 0.3 is 0 Å². The third-order valence-corrected chi connectivity index (χ3v) is 4.23. The fourth-order valence-corrected chi connectivity index (χ4v) is 2.97. The van der Waals surface area contributed by atoms with Gasteiger partial charge in [-0.3, -0.25) is 0 Å². The third-order valence-electron chi connectivity index (χ3n) is 4.23. The Kier molecular flexibility index (Phi) is 3.52. The maximum absolute atomic E-state index is 3.54.